The Hall–Kier alpha value is -2.43. The Morgan fingerprint density at radius 2 is 1.32 bits per heavy atom. The summed E-state index contributed by atoms with van der Waals surface area (Å²) in [4.78, 5) is 23.2. The van der Waals surface area contributed by atoms with Gasteiger partial charge in [-0.15, -0.1) is 0 Å². The maximum absolute atomic E-state index is 13.6. The molecule has 1 amide bonds. The van der Waals surface area contributed by atoms with Gasteiger partial charge in [-0.3, -0.25) is 9.35 Å². The SMILES string of the molecule is C=C(F)C(=O)OC(OCCCCC(F)(F)C(F)(F)S(=O)(=O)O)(C(=O)NC(C(F)(F)F)C(F)(F)F)C(F)(F)F. The Bertz CT molecular complexity index is 975. The van der Waals surface area contributed by atoms with Crippen LogP contribution in [0.5, 0.6) is 0 Å². The monoisotopic (exact) mass is 617 g/mol. The van der Waals surface area contributed by atoms with Crippen LogP contribution in [-0.2, 0) is 29.2 Å². The minimum atomic E-state index is -6.72. The fraction of sp³-hybridized carbons (Fsp3) is 0.733. The number of hydrogen-bond acceptors (Lipinski definition) is 6. The van der Waals surface area contributed by atoms with Crippen molar-refractivity contribution in [2.45, 2.75) is 60.8 Å². The summed E-state index contributed by atoms with van der Waals surface area (Å²) in [6.45, 7) is 0.226. The van der Waals surface area contributed by atoms with Crippen molar-refractivity contribution in [3.63, 3.8) is 0 Å². The van der Waals surface area contributed by atoms with Crippen molar-refractivity contribution >= 4 is 22.0 Å². The third-order valence-corrected chi connectivity index (χ3v) is 4.95. The molecule has 8 nitrogen and oxygen atoms in total. The van der Waals surface area contributed by atoms with E-state index in [0.29, 0.717) is 0 Å². The van der Waals surface area contributed by atoms with Gasteiger partial charge in [0.2, 0.25) is 11.9 Å². The van der Waals surface area contributed by atoms with Gasteiger partial charge in [-0.05, 0) is 12.8 Å². The lowest BCUT2D eigenvalue weighted by molar-refractivity contribution is -0.349. The minimum absolute atomic E-state index is 0.187. The summed E-state index contributed by atoms with van der Waals surface area (Å²) in [7, 11) is -6.72. The zero-order chi connectivity index (χ0) is 30.8. The Kier molecular flexibility index (Phi) is 10.6. The quantitative estimate of drug-likeness (QED) is 0.0843. The first-order chi connectivity index (χ1) is 16.5. The zero-order valence-corrected chi connectivity index (χ0v) is 18.5. The molecule has 0 aromatic heterocycles. The van der Waals surface area contributed by atoms with E-state index >= 15 is 0 Å². The molecule has 0 bridgehead atoms. The molecule has 2 N–H and O–H groups in total. The number of esters is 1. The molecule has 0 aliphatic heterocycles. The molecule has 0 saturated carbocycles. The average molecular weight is 617 g/mol. The number of unbranched alkanes of at least 4 members (excludes halogenated alkanes) is 1. The highest BCUT2D eigenvalue weighted by molar-refractivity contribution is 7.87. The summed E-state index contributed by atoms with van der Waals surface area (Å²) < 4.78 is 219. The molecule has 1 atom stereocenters. The fourth-order valence-electron chi connectivity index (χ4n) is 2.17. The molecule has 0 radical (unpaired) electrons. The van der Waals surface area contributed by atoms with Crippen LogP contribution >= 0.6 is 0 Å². The van der Waals surface area contributed by atoms with E-state index in [1.165, 1.54) is 0 Å². The highest BCUT2D eigenvalue weighted by atomic mass is 32.2. The summed E-state index contributed by atoms with van der Waals surface area (Å²) in [5, 5.41) is -6.30. The number of carbonyl (C=O) groups excluding carboxylic acids is 2. The number of ether oxygens (including phenoxy) is 2. The van der Waals surface area contributed by atoms with E-state index in [1.807, 2.05) is 0 Å². The molecule has 23 heteroatoms. The molecule has 0 aliphatic rings. The van der Waals surface area contributed by atoms with Crippen LogP contribution < -0.4 is 5.32 Å². The number of rotatable bonds is 12. The molecule has 0 aromatic carbocycles. The zero-order valence-electron chi connectivity index (χ0n) is 17.7. The summed E-state index contributed by atoms with van der Waals surface area (Å²) in [6, 6.07) is -5.04. The fourth-order valence-corrected chi connectivity index (χ4v) is 2.65. The third kappa shape index (κ3) is 8.28. The lowest BCUT2D eigenvalue weighted by atomic mass is 10.1. The highest BCUT2D eigenvalue weighted by Crippen LogP contribution is 2.42. The van der Waals surface area contributed by atoms with Crippen molar-refractivity contribution in [2.75, 3.05) is 6.61 Å². The van der Waals surface area contributed by atoms with Gasteiger partial charge in [0.05, 0.1) is 6.61 Å². The van der Waals surface area contributed by atoms with Crippen molar-refractivity contribution in [2.24, 2.45) is 0 Å². The van der Waals surface area contributed by atoms with Gasteiger partial charge >= 0.3 is 57.5 Å². The van der Waals surface area contributed by atoms with Gasteiger partial charge in [-0.25, -0.2) is 4.79 Å². The number of carbonyl (C=O) groups is 2. The topological polar surface area (TPSA) is 119 Å². The van der Waals surface area contributed by atoms with Gasteiger partial charge in [-0.1, -0.05) is 6.58 Å². The van der Waals surface area contributed by atoms with Crippen LogP contribution in [0.3, 0.4) is 0 Å². The van der Waals surface area contributed by atoms with Crippen molar-refractivity contribution < 1.29 is 93.5 Å². The Balaban J connectivity index is 6.11. The molecule has 0 aromatic rings. The van der Waals surface area contributed by atoms with E-state index in [9.17, 15) is 79.5 Å². The molecular formula is C15H13F14NO7S. The summed E-state index contributed by atoms with van der Waals surface area (Å²) in [5.74, 6) is -20.0. The molecule has 1 unspecified atom stereocenters. The largest absolute Gasteiger partial charge is 0.466 e. The van der Waals surface area contributed by atoms with Crippen LogP contribution in [-0.4, -0.2) is 73.0 Å². The molecule has 0 saturated heterocycles. The molecule has 0 rings (SSSR count). The number of alkyl halides is 13. The molecule has 38 heavy (non-hydrogen) atoms. The Morgan fingerprint density at radius 3 is 1.66 bits per heavy atom. The average Bonchev–Trinajstić information content (AvgIpc) is 2.66. The molecular weight excluding hydrogens is 604 g/mol. The van der Waals surface area contributed by atoms with Gasteiger partial charge in [0, 0.05) is 6.42 Å². The standard InChI is InChI=1S/C15H13F14NO7S/c1-6(16)7(31)37-11(14(25,26)27,9(32)30-8(12(19,20)21)13(22,23)24)36-5-3-2-4-10(17,18)15(28,29)38(33,34)35/h8H,1-5H2,(H,30,32)(H,33,34,35). The van der Waals surface area contributed by atoms with E-state index in [-0.39, 0.29) is 5.32 Å². The van der Waals surface area contributed by atoms with E-state index < -0.39 is 95.2 Å². The van der Waals surface area contributed by atoms with Crippen LogP contribution in [0.15, 0.2) is 12.4 Å². The lowest BCUT2D eigenvalue weighted by Gasteiger charge is -2.35. The Morgan fingerprint density at radius 1 is 0.868 bits per heavy atom. The van der Waals surface area contributed by atoms with Crippen molar-refractivity contribution in [3.05, 3.63) is 12.4 Å². The van der Waals surface area contributed by atoms with E-state index in [1.54, 1.807) is 0 Å². The third-order valence-electron chi connectivity index (χ3n) is 4.00. The smallest absolute Gasteiger partial charge is 0.410 e. The number of amides is 1. The summed E-state index contributed by atoms with van der Waals surface area (Å²) >= 11 is 0. The summed E-state index contributed by atoms with van der Waals surface area (Å²) in [5.41, 5.74) is 0. The van der Waals surface area contributed by atoms with Crippen LogP contribution in [0, 0.1) is 0 Å². The molecule has 0 spiro atoms. The highest BCUT2D eigenvalue weighted by Gasteiger charge is 2.69. The van der Waals surface area contributed by atoms with Crippen molar-refractivity contribution in [3.8, 4) is 0 Å². The molecule has 224 valence electrons. The summed E-state index contributed by atoms with van der Waals surface area (Å²) in [6.07, 6.45) is -24.7. The number of nitrogens with one attached hydrogen (secondary N) is 1. The van der Waals surface area contributed by atoms with Crippen molar-refractivity contribution in [1.29, 1.82) is 0 Å². The van der Waals surface area contributed by atoms with Gasteiger partial charge in [0.1, 0.15) is 0 Å². The van der Waals surface area contributed by atoms with Crippen molar-refractivity contribution in [1.82, 2.24) is 5.32 Å². The van der Waals surface area contributed by atoms with Gasteiger partial charge < -0.3 is 14.8 Å². The van der Waals surface area contributed by atoms with Crippen LogP contribution in [0.2, 0.25) is 0 Å². The van der Waals surface area contributed by atoms with Gasteiger partial charge in [-0.2, -0.15) is 69.9 Å². The second-order valence-electron chi connectivity index (χ2n) is 6.90. The van der Waals surface area contributed by atoms with Crippen LogP contribution in [0.25, 0.3) is 0 Å². The minimum Gasteiger partial charge on any atom is -0.410 e. The molecule has 0 aliphatic carbocycles. The second-order valence-corrected chi connectivity index (χ2v) is 8.36. The van der Waals surface area contributed by atoms with E-state index in [2.05, 4.69) is 16.1 Å². The molecule has 0 heterocycles. The predicted octanol–water partition coefficient (Wildman–Crippen LogP) is 4.18. The normalized spacial score (nSPS) is 15.7. The van der Waals surface area contributed by atoms with Gasteiger partial charge in [0.15, 0.2) is 0 Å². The molecule has 0 fully saturated rings. The second kappa shape index (κ2) is 11.4. The number of halogens is 14. The first-order valence-electron chi connectivity index (χ1n) is 9.00. The first-order valence-corrected chi connectivity index (χ1v) is 10.4. The van der Waals surface area contributed by atoms with E-state index in [0.717, 1.165) is 0 Å². The maximum atomic E-state index is 13.6. The maximum Gasteiger partial charge on any atom is 0.466 e. The first kappa shape index (κ1) is 35.6. The van der Waals surface area contributed by atoms with E-state index in [4.69, 9.17) is 4.55 Å². The lowest BCUT2D eigenvalue weighted by Crippen LogP contribution is -2.66. The predicted molar refractivity (Wildman–Crippen MR) is 90.4 cm³/mol. The number of hydrogen-bond donors (Lipinski definition) is 2. The van der Waals surface area contributed by atoms with Crippen LogP contribution in [0.4, 0.5) is 61.5 Å². The Labute approximate surface area is 201 Å². The van der Waals surface area contributed by atoms with Gasteiger partial charge in [0.25, 0.3) is 0 Å². The van der Waals surface area contributed by atoms with Crippen LogP contribution in [0.1, 0.15) is 19.3 Å².